The Morgan fingerprint density at radius 2 is 0.965 bits per heavy atom. The SMILES string of the molecule is CC(C)=CCC[C@](C)(O[C@@H]1O[C@H](CO)[C@@H](O)[C@H](O[C@@H]2O[C@@H](C)[C@H](O)[C@@H](O)[C@H]2O)[C@H]1O[C@@H]1O[C@@H](C)[C@H](O)[C@@H](O)[C@H]1O)[C@H]1CC[C@]2(C)[C@@H]1[C@H](O)C[C@@H]1[C@@]3(C)CC[C@H](O[C@@H]4O[C@H](CO)[C@@H](O)[C@H](O)[C@H]4O[C@@H]4O[C@H](CO)[C@@H](O)[C@H](O)[C@H]4O)C(C)(C)[C@@H]3CC[C@]12C. The molecule has 9 fully saturated rings. The van der Waals surface area contributed by atoms with E-state index >= 15 is 0 Å². The summed E-state index contributed by atoms with van der Waals surface area (Å²) in [5.74, 6) is -0.769. The maximum Gasteiger partial charge on any atom is 0.187 e. The van der Waals surface area contributed by atoms with Gasteiger partial charge in [0.15, 0.2) is 31.5 Å². The number of rotatable bonds is 17. The first-order valence-corrected chi connectivity index (χ1v) is 31.1. The van der Waals surface area contributed by atoms with E-state index in [1.54, 1.807) is 0 Å². The van der Waals surface area contributed by atoms with Gasteiger partial charge in [0.2, 0.25) is 0 Å². The topological polar surface area (TPSA) is 416 Å². The summed E-state index contributed by atoms with van der Waals surface area (Å²) >= 11 is 0. The highest BCUT2D eigenvalue weighted by Gasteiger charge is 2.72. The molecule has 498 valence electrons. The van der Waals surface area contributed by atoms with Crippen LogP contribution in [-0.4, -0.2) is 273 Å². The first-order chi connectivity index (χ1) is 40.2. The summed E-state index contributed by atoms with van der Waals surface area (Å²) in [6, 6.07) is 0. The average molecular weight is 1240 g/mol. The van der Waals surface area contributed by atoms with Crippen LogP contribution in [0.15, 0.2) is 11.6 Å². The van der Waals surface area contributed by atoms with Gasteiger partial charge in [-0.1, -0.05) is 46.3 Å². The van der Waals surface area contributed by atoms with Crippen LogP contribution in [0, 0.1) is 45.3 Å². The van der Waals surface area contributed by atoms with E-state index in [9.17, 15) is 81.7 Å². The first-order valence-electron chi connectivity index (χ1n) is 31.1. The largest absolute Gasteiger partial charge is 0.394 e. The van der Waals surface area contributed by atoms with Gasteiger partial charge in [0.05, 0.1) is 49.8 Å². The number of fused-ring (bicyclic) bond motifs is 5. The van der Waals surface area contributed by atoms with Crippen LogP contribution < -0.4 is 0 Å². The van der Waals surface area contributed by atoms with Crippen molar-refractivity contribution in [2.45, 2.75) is 298 Å². The third-order valence-electron chi connectivity index (χ3n) is 23.0. The van der Waals surface area contributed by atoms with Crippen LogP contribution >= 0.6 is 0 Å². The minimum Gasteiger partial charge on any atom is -0.394 e. The van der Waals surface area contributed by atoms with Gasteiger partial charge >= 0.3 is 0 Å². The van der Waals surface area contributed by atoms with Crippen molar-refractivity contribution in [3.05, 3.63) is 11.6 Å². The van der Waals surface area contributed by atoms with Gasteiger partial charge in [0, 0.05) is 0 Å². The lowest BCUT2D eigenvalue weighted by atomic mass is 9.35. The third-order valence-corrected chi connectivity index (χ3v) is 23.0. The van der Waals surface area contributed by atoms with Gasteiger partial charge in [-0.3, -0.25) is 0 Å². The zero-order chi connectivity index (χ0) is 63.2. The van der Waals surface area contributed by atoms with E-state index < -0.39 is 202 Å². The van der Waals surface area contributed by atoms with Crippen LogP contribution in [0.3, 0.4) is 0 Å². The van der Waals surface area contributed by atoms with Gasteiger partial charge in [0.25, 0.3) is 0 Å². The maximum atomic E-state index is 13.1. The highest BCUT2D eigenvalue weighted by molar-refractivity contribution is 5.21. The van der Waals surface area contributed by atoms with Gasteiger partial charge in [-0.15, -0.1) is 0 Å². The van der Waals surface area contributed by atoms with E-state index in [4.69, 9.17) is 47.4 Å². The second kappa shape index (κ2) is 26.2. The molecule has 0 unspecified atom stereocenters. The van der Waals surface area contributed by atoms with E-state index in [2.05, 4.69) is 40.7 Å². The van der Waals surface area contributed by atoms with Crippen molar-refractivity contribution in [2.24, 2.45) is 45.3 Å². The smallest absolute Gasteiger partial charge is 0.187 e. The molecule has 9 aliphatic rings. The van der Waals surface area contributed by atoms with Gasteiger partial charge in [-0.05, 0) is 138 Å². The van der Waals surface area contributed by atoms with Crippen molar-refractivity contribution in [2.75, 3.05) is 19.8 Å². The van der Waals surface area contributed by atoms with Gasteiger partial charge in [-0.25, -0.2) is 0 Å². The van der Waals surface area contributed by atoms with Crippen molar-refractivity contribution in [1.82, 2.24) is 0 Å². The number of hydrogen-bond donors (Lipinski definition) is 16. The maximum absolute atomic E-state index is 13.1. The lowest BCUT2D eigenvalue weighted by molar-refractivity contribution is -0.400. The Balaban J connectivity index is 1.000. The zero-order valence-electron chi connectivity index (χ0n) is 51.2. The Hall–Kier alpha value is -1.30. The molecule has 9 rings (SSSR count). The molecule has 16 N–H and O–H groups in total. The lowest BCUT2D eigenvalue weighted by Gasteiger charge is -2.71. The molecule has 0 radical (unpaired) electrons. The fourth-order valence-electron chi connectivity index (χ4n) is 17.7. The summed E-state index contributed by atoms with van der Waals surface area (Å²) < 4.78 is 63.0. The van der Waals surface area contributed by atoms with Crippen molar-refractivity contribution in [3.63, 3.8) is 0 Å². The van der Waals surface area contributed by atoms with Crippen LogP contribution in [0.1, 0.15) is 127 Å². The molecule has 4 aliphatic carbocycles. The van der Waals surface area contributed by atoms with Gasteiger partial charge in [0.1, 0.15) is 110 Å². The lowest BCUT2D eigenvalue weighted by Crippen LogP contribution is -2.68. The number of hydrogen-bond acceptors (Lipinski definition) is 26. The molecule has 4 saturated carbocycles. The molecule has 86 heavy (non-hydrogen) atoms. The fourth-order valence-corrected chi connectivity index (χ4v) is 17.7. The number of aliphatic hydroxyl groups is 16. The minimum atomic E-state index is -1.85. The van der Waals surface area contributed by atoms with E-state index in [0.717, 1.165) is 18.4 Å². The number of allylic oxidation sites excluding steroid dienone is 2. The Kier molecular flexibility index (Phi) is 21.1. The molecule has 5 heterocycles. The molecule has 0 aromatic heterocycles. The summed E-state index contributed by atoms with van der Waals surface area (Å²) in [5, 5.41) is 176. The molecule has 0 amide bonds. The first kappa shape index (κ1) is 69.1. The van der Waals surface area contributed by atoms with Gasteiger partial charge < -0.3 is 129 Å². The highest BCUT2D eigenvalue weighted by atomic mass is 16.8. The normalized spacial score (nSPS) is 53.8. The monoisotopic (exact) mass is 1240 g/mol. The van der Waals surface area contributed by atoms with Crippen molar-refractivity contribution in [1.29, 1.82) is 0 Å². The Labute approximate surface area is 502 Å². The third kappa shape index (κ3) is 12.1. The molecule has 0 spiro atoms. The minimum absolute atomic E-state index is 0.00679. The molecule has 5 saturated heterocycles. The molecule has 0 bridgehead atoms. The van der Waals surface area contributed by atoms with Crippen molar-refractivity contribution < 1.29 is 129 Å². The average Bonchev–Trinajstić information content (AvgIpc) is 1.22. The summed E-state index contributed by atoms with van der Waals surface area (Å²) in [4.78, 5) is 0. The number of aliphatic hydroxyl groups excluding tert-OH is 16. The Bertz CT molecular complexity index is 2280. The molecule has 0 aromatic rings. The summed E-state index contributed by atoms with van der Waals surface area (Å²) in [5.41, 5.74) is -2.02. The van der Waals surface area contributed by atoms with E-state index in [0.29, 0.717) is 44.9 Å². The molecular weight excluding hydrogens is 1140 g/mol. The quantitative estimate of drug-likeness (QED) is 0.0537. The van der Waals surface area contributed by atoms with E-state index in [1.807, 2.05) is 20.8 Å². The molecule has 5 aliphatic heterocycles. The summed E-state index contributed by atoms with van der Waals surface area (Å²) in [6.07, 6.45) is -33.9. The molecule has 0 aromatic carbocycles. The number of ether oxygens (including phenoxy) is 10. The van der Waals surface area contributed by atoms with Gasteiger partial charge in [-0.2, -0.15) is 0 Å². The standard InChI is InChI=1S/C60H102O26/c1-24(2)12-11-16-60(10,86-55-50(85-52-46(75)42(71)37(66)26(4)78-52)48(40(69)31(23-63)81-55)83-51-45(74)41(70)36(65)25(3)77-51)27-13-18-59(9)35(27)28(64)20-33-57(7)17-15-34(56(5,6)32(57)14-19-58(33,59)8)82-54-49(44(73)39(68)30(22-62)80-54)84-53-47(76)43(72)38(67)29(21-61)79-53/h12,25-55,61-76H,11,13-23H2,1-10H3/t25-,26-,27-,28+,29+,30+,31+,32-,33+,34-,35-,36-,37-,38+,39+,40+,41+,42+,43-,44-,45+,46+,47+,48-,49+,50+,51-,52-,53-,54-,55-,57-,58+,59+,60-/m0/s1. The van der Waals surface area contributed by atoms with Crippen molar-refractivity contribution in [3.8, 4) is 0 Å². The second-order valence-electron chi connectivity index (χ2n) is 28.5. The van der Waals surface area contributed by atoms with E-state index in [1.165, 1.54) is 13.8 Å². The molecule has 26 nitrogen and oxygen atoms in total. The predicted molar refractivity (Wildman–Crippen MR) is 296 cm³/mol. The zero-order valence-corrected chi connectivity index (χ0v) is 51.2. The fraction of sp³-hybridized carbons (Fsp3) is 0.967. The second-order valence-corrected chi connectivity index (χ2v) is 28.5. The summed E-state index contributed by atoms with van der Waals surface area (Å²) in [6.45, 7) is 17.8. The van der Waals surface area contributed by atoms with E-state index in [-0.39, 0.29) is 34.5 Å². The Morgan fingerprint density at radius 3 is 1.52 bits per heavy atom. The summed E-state index contributed by atoms with van der Waals surface area (Å²) in [7, 11) is 0. The van der Waals surface area contributed by atoms with Crippen LogP contribution in [-0.2, 0) is 47.4 Å². The predicted octanol–water partition coefficient (Wildman–Crippen LogP) is -2.32. The molecule has 26 heteroatoms. The van der Waals surface area contributed by atoms with Crippen LogP contribution in [0.5, 0.6) is 0 Å². The molecular formula is C60H102O26. The molecule has 35 atom stereocenters. The van der Waals surface area contributed by atoms with Crippen LogP contribution in [0.4, 0.5) is 0 Å². The van der Waals surface area contributed by atoms with Crippen LogP contribution in [0.2, 0.25) is 0 Å². The Morgan fingerprint density at radius 1 is 0.488 bits per heavy atom. The van der Waals surface area contributed by atoms with Crippen molar-refractivity contribution >= 4 is 0 Å². The highest BCUT2D eigenvalue weighted by Crippen LogP contribution is 2.76. The van der Waals surface area contributed by atoms with Crippen LogP contribution in [0.25, 0.3) is 0 Å².